The molecule has 0 bridgehead atoms. The minimum Gasteiger partial charge on any atom is -0.388 e. The molecule has 5 rings (SSSR count). The summed E-state index contributed by atoms with van der Waals surface area (Å²) < 4.78 is 0. The predicted molar refractivity (Wildman–Crippen MR) is 158 cm³/mol. The van der Waals surface area contributed by atoms with Gasteiger partial charge in [0.05, 0.1) is 6.10 Å². The molecule has 4 aliphatic carbocycles. The number of aliphatic hydroxyl groups excluding tert-OH is 1. The molecule has 1 nitrogen and oxygen atoms in total. The first-order valence-corrected chi connectivity index (χ1v) is 15.4. The van der Waals surface area contributed by atoms with Gasteiger partial charge in [-0.25, -0.2) is 0 Å². The van der Waals surface area contributed by atoms with Crippen LogP contribution >= 0.6 is 0 Å². The summed E-state index contributed by atoms with van der Waals surface area (Å²) in [6, 6.07) is 10.6. The van der Waals surface area contributed by atoms with Gasteiger partial charge in [0, 0.05) is 0 Å². The van der Waals surface area contributed by atoms with Gasteiger partial charge in [-0.15, -0.1) is 0 Å². The summed E-state index contributed by atoms with van der Waals surface area (Å²) in [5.74, 6) is 2.94. The molecule has 0 amide bonds. The molecule has 1 heteroatoms. The molecule has 37 heavy (non-hydrogen) atoms. The summed E-state index contributed by atoms with van der Waals surface area (Å²) in [5.41, 5.74) is 8.02. The summed E-state index contributed by atoms with van der Waals surface area (Å²) in [5, 5.41) is 11.6. The molecule has 2 unspecified atom stereocenters. The van der Waals surface area contributed by atoms with Crippen LogP contribution < -0.4 is 0 Å². The van der Waals surface area contributed by atoms with Gasteiger partial charge in [0.15, 0.2) is 0 Å². The Bertz CT molecular complexity index is 1080. The average molecular weight is 501 g/mol. The lowest BCUT2D eigenvalue weighted by Crippen LogP contribution is -2.54. The maximum atomic E-state index is 11.6. The van der Waals surface area contributed by atoms with Crippen molar-refractivity contribution in [1.82, 2.24) is 0 Å². The van der Waals surface area contributed by atoms with Gasteiger partial charge in [-0.1, -0.05) is 116 Å². The van der Waals surface area contributed by atoms with Crippen LogP contribution in [0, 0.1) is 39.9 Å². The van der Waals surface area contributed by atoms with Gasteiger partial charge in [-0.3, -0.25) is 0 Å². The van der Waals surface area contributed by atoms with Crippen LogP contribution in [0.15, 0.2) is 58.7 Å². The van der Waals surface area contributed by atoms with E-state index in [1.54, 1.807) is 16.7 Å². The zero-order valence-corrected chi connectivity index (χ0v) is 24.7. The molecule has 4 aliphatic rings. The quantitative estimate of drug-likeness (QED) is 0.412. The van der Waals surface area contributed by atoms with Crippen molar-refractivity contribution in [2.24, 2.45) is 39.9 Å². The van der Waals surface area contributed by atoms with E-state index in [-0.39, 0.29) is 16.9 Å². The van der Waals surface area contributed by atoms with Crippen molar-refractivity contribution >= 4 is 6.08 Å². The molecule has 1 N–H and O–H groups in total. The minimum absolute atomic E-state index is 0.121. The van der Waals surface area contributed by atoms with Crippen LogP contribution in [0.5, 0.6) is 0 Å². The van der Waals surface area contributed by atoms with Crippen molar-refractivity contribution in [1.29, 1.82) is 0 Å². The van der Waals surface area contributed by atoms with Crippen LogP contribution in [-0.4, -0.2) is 11.2 Å². The Balaban J connectivity index is 1.46. The van der Waals surface area contributed by atoms with E-state index in [1.807, 2.05) is 0 Å². The van der Waals surface area contributed by atoms with Crippen molar-refractivity contribution in [3.05, 3.63) is 64.3 Å². The standard InChI is InChI=1S/C36H52O/c1-24(2)12-11-13-25(3)29-17-18-30-28-16-19-32-34(4,5)33(37)27(22-26-14-9-8-10-15-26)23-36(32,7)31(28)20-21-35(29,30)6/h8-10,14-15,18,22,24-25,29,32-33,37H,11-13,16-17,19-21,23H2,1-7H3/b27-22+/t25-,29?,32?,33+,35-,36-/m1/s1. The molecule has 1 saturated carbocycles. The maximum absolute atomic E-state index is 11.6. The Morgan fingerprint density at radius 2 is 1.70 bits per heavy atom. The Labute approximate surface area is 227 Å². The van der Waals surface area contributed by atoms with Crippen LogP contribution in [-0.2, 0) is 0 Å². The van der Waals surface area contributed by atoms with E-state index in [4.69, 9.17) is 0 Å². The van der Waals surface area contributed by atoms with Crippen LogP contribution in [0.2, 0.25) is 0 Å². The second kappa shape index (κ2) is 9.86. The first-order chi connectivity index (χ1) is 17.5. The normalized spacial score (nSPS) is 36.7. The summed E-state index contributed by atoms with van der Waals surface area (Å²) in [6.45, 7) is 17.1. The molecule has 0 saturated heterocycles. The highest BCUT2D eigenvalue weighted by molar-refractivity contribution is 5.57. The second-order valence-electron chi connectivity index (χ2n) is 14.7. The lowest BCUT2D eigenvalue weighted by Gasteiger charge is -2.60. The maximum Gasteiger partial charge on any atom is 0.0807 e. The first kappa shape index (κ1) is 27.0. The van der Waals surface area contributed by atoms with Gasteiger partial charge < -0.3 is 5.11 Å². The SMILES string of the molecule is CC(C)CCC[C@@H](C)C1CC=C2C3=C(CC[C@@]21C)[C@@]1(C)C/C(=C\c2ccccc2)[C@H](O)C(C)(C)C1CC3. The van der Waals surface area contributed by atoms with Gasteiger partial charge in [-0.2, -0.15) is 0 Å². The highest BCUT2D eigenvalue weighted by Crippen LogP contribution is 2.67. The molecule has 0 radical (unpaired) electrons. The monoisotopic (exact) mass is 500 g/mol. The topological polar surface area (TPSA) is 20.2 Å². The van der Waals surface area contributed by atoms with Crippen molar-refractivity contribution in [2.75, 3.05) is 0 Å². The minimum atomic E-state index is -0.372. The van der Waals surface area contributed by atoms with Crippen LogP contribution in [0.3, 0.4) is 0 Å². The fraction of sp³-hybridized carbons (Fsp3) is 0.667. The number of allylic oxidation sites excluding steroid dienone is 4. The molecule has 1 aromatic rings. The molecule has 202 valence electrons. The van der Waals surface area contributed by atoms with Crippen molar-refractivity contribution in [3.63, 3.8) is 0 Å². The number of aliphatic hydroxyl groups is 1. The highest BCUT2D eigenvalue weighted by Gasteiger charge is 2.58. The Hall–Kier alpha value is -1.60. The molecule has 0 spiro atoms. The molecule has 0 aliphatic heterocycles. The van der Waals surface area contributed by atoms with Crippen molar-refractivity contribution in [2.45, 2.75) is 112 Å². The van der Waals surface area contributed by atoms with E-state index >= 15 is 0 Å². The van der Waals surface area contributed by atoms with Crippen molar-refractivity contribution < 1.29 is 5.11 Å². The third-order valence-corrected chi connectivity index (χ3v) is 11.5. The highest BCUT2D eigenvalue weighted by atomic mass is 16.3. The second-order valence-corrected chi connectivity index (χ2v) is 14.7. The molecular weight excluding hydrogens is 448 g/mol. The number of hydrogen-bond donors (Lipinski definition) is 1. The molecule has 1 aromatic carbocycles. The molecule has 0 heterocycles. The van der Waals surface area contributed by atoms with Gasteiger partial charge in [-0.05, 0) is 101 Å². The summed E-state index contributed by atoms with van der Waals surface area (Å²) in [7, 11) is 0. The molecule has 0 aromatic heterocycles. The fourth-order valence-electron chi connectivity index (χ4n) is 9.57. The van der Waals surface area contributed by atoms with Crippen LogP contribution in [0.4, 0.5) is 0 Å². The average Bonchev–Trinajstić information content (AvgIpc) is 3.20. The Morgan fingerprint density at radius 3 is 2.41 bits per heavy atom. The zero-order valence-electron chi connectivity index (χ0n) is 24.7. The summed E-state index contributed by atoms with van der Waals surface area (Å²) >= 11 is 0. The van der Waals surface area contributed by atoms with E-state index in [0.29, 0.717) is 11.3 Å². The third kappa shape index (κ3) is 4.52. The first-order valence-electron chi connectivity index (χ1n) is 15.4. The largest absolute Gasteiger partial charge is 0.388 e. The fourth-order valence-corrected chi connectivity index (χ4v) is 9.57. The number of hydrogen-bond acceptors (Lipinski definition) is 1. The zero-order chi connectivity index (χ0) is 26.6. The van der Waals surface area contributed by atoms with E-state index in [1.165, 1.54) is 62.5 Å². The summed E-state index contributed by atoms with van der Waals surface area (Å²) in [4.78, 5) is 0. The lowest BCUT2D eigenvalue weighted by atomic mass is 9.45. The molecule has 1 fully saturated rings. The van der Waals surface area contributed by atoms with E-state index in [0.717, 1.165) is 24.2 Å². The molecule has 6 atom stereocenters. The van der Waals surface area contributed by atoms with Crippen LogP contribution in [0.25, 0.3) is 6.08 Å². The predicted octanol–water partition coefficient (Wildman–Crippen LogP) is 9.78. The van der Waals surface area contributed by atoms with E-state index in [9.17, 15) is 5.11 Å². The molecular formula is C36H52O. The lowest BCUT2D eigenvalue weighted by molar-refractivity contribution is -0.0568. The van der Waals surface area contributed by atoms with Gasteiger partial charge >= 0.3 is 0 Å². The third-order valence-electron chi connectivity index (χ3n) is 11.5. The van der Waals surface area contributed by atoms with E-state index < -0.39 is 0 Å². The van der Waals surface area contributed by atoms with Crippen LogP contribution in [0.1, 0.15) is 112 Å². The number of fused-ring (bicyclic) bond motifs is 4. The Kier molecular flexibility index (Phi) is 7.19. The van der Waals surface area contributed by atoms with Gasteiger partial charge in [0.25, 0.3) is 0 Å². The number of rotatable bonds is 6. The number of benzene rings is 1. The van der Waals surface area contributed by atoms with Gasteiger partial charge in [0.1, 0.15) is 0 Å². The van der Waals surface area contributed by atoms with Crippen molar-refractivity contribution in [3.8, 4) is 0 Å². The van der Waals surface area contributed by atoms with E-state index in [2.05, 4.69) is 91.0 Å². The summed E-state index contributed by atoms with van der Waals surface area (Å²) in [6.07, 6.45) is 15.9. The smallest absolute Gasteiger partial charge is 0.0807 e. The Morgan fingerprint density at radius 1 is 0.973 bits per heavy atom. The van der Waals surface area contributed by atoms with Gasteiger partial charge in [0.2, 0.25) is 0 Å².